The zero-order valence-electron chi connectivity index (χ0n) is 14.1. The summed E-state index contributed by atoms with van der Waals surface area (Å²) in [5.41, 5.74) is 1.45. The van der Waals surface area contributed by atoms with Crippen molar-refractivity contribution in [3.05, 3.63) is 41.5 Å². The van der Waals surface area contributed by atoms with Crippen molar-refractivity contribution in [1.29, 1.82) is 0 Å². The van der Waals surface area contributed by atoms with Crippen molar-refractivity contribution >= 4 is 17.9 Å². The lowest BCUT2D eigenvalue weighted by Crippen LogP contribution is -2.40. The standard InChI is InChI=1S/C19H26N2O3/c1-20-19(24)15-10-7-14(8-11-15)9-12-18(23)21-17-6-4-2-3-5-16(17)13-22/h7-12,16-17,22H,2-6,13H2,1H3,(H,20,24)(H,21,23)/b12-9+. The molecule has 3 N–H and O–H groups in total. The molecule has 2 atom stereocenters. The molecule has 5 nitrogen and oxygen atoms in total. The molecule has 0 aliphatic heterocycles. The molecule has 0 radical (unpaired) electrons. The number of aliphatic hydroxyl groups excluding tert-OH is 1. The van der Waals surface area contributed by atoms with Gasteiger partial charge in [-0.1, -0.05) is 31.4 Å². The van der Waals surface area contributed by atoms with Gasteiger partial charge in [0, 0.05) is 37.3 Å². The molecule has 0 saturated heterocycles. The van der Waals surface area contributed by atoms with Gasteiger partial charge in [-0.05, 0) is 36.6 Å². The Balaban J connectivity index is 1.93. The van der Waals surface area contributed by atoms with Crippen molar-refractivity contribution in [3.8, 4) is 0 Å². The van der Waals surface area contributed by atoms with Crippen LogP contribution < -0.4 is 10.6 Å². The van der Waals surface area contributed by atoms with E-state index in [4.69, 9.17) is 0 Å². The summed E-state index contributed by atoms with van der Waals surface area (Å²) in [6.45, 7) is 0.121. The van der Waals surface area contributed by atoms with Gasteiger partial charge in [-0.3, -0.25) is 9.59 Å². The van der Waals surface area contributed by atoms with E-state index in [0.717, 1.165) is 37.7 Å². The molecule has 0 aromatic heterocycles. The summed E-state index contributed by atoms with van der Waals surface area (Å²) in [4.78, 5) is 23.6. The van der Waals surface area contributed by atoms with Crippen LogP contribution in [0.2, 0.25) is 0 Å². The van der Waals surface area contributed by atoms with Crippen LogP contribution in [0.25, 0.3) is 6.08 Å². The third-order valence-corrected chi connectivity index (χ3v) is 4.55. The maximum Gasteiger partial charge on any atom is 0.251 e. The second-order valence-electron chi connectivity index (χ2n) is 6.23. The molecule has 1 aliphatic carbocycles. The van der Waals surface area contributed by atoms with Gasteiger partial charge in [-0.15, -0.1) is 0 Å². The minimum absolute atomic E-state index is 0.0466. The number of amides is 2. The van der Waals surface area contributed by atoms with E-state index in [1.54, 1.807) is 37.4 Å². The van der Waals surface area contributed by atoms with Crippen LogP contribution in [0.3, 0.4) is 0 Å². The van der Waals surface area contributed by atoms with Gasteiger partial charge in [0.15, 0.2) is 0 Å². The molecule has 1 saturated carbocycles. The van der Waals surface area contributed by atoms with Crippen LogP contribution in [-0.2, 0) is 4.79 Å². The first kappa shape index (κ1) is 18.2. The molecule has 1 fully saturated rings. The summed E-state index contributed by atoms with van der Waals surface area (Å²) in [7, 11) is 1.59. The summed E-state index contributed by atoms with van der Waals surface area (Å²) in [5.74, 6) is -0.126. The molecule has 24 heavy (non-hydrogen) atoms. The Labute approximate surface area is 143 Å². The first-order valence-electron chi connectivity index (χ1n) is 8.55. The molecule has 2 amide bonds. The van der Waals surface area contributed by atoms with Crippen molar-refractivity contribution in [1.82, 2.24) is 10.6 Å². The van der Waals surface area contributed by atoms with Crippen LogP contribution in [0, 0.1) is 5.92 Å². The van der Waals surface area contributed by atoms with Crippen molar-refractivity contribution in [2.75, 3.05) is 13.7 Å². The van der Waals surface area contributed by atoms with E-state index in [-0.39, 0.29) is 30.4 Å². The highest BCUT2D eigenvalue weighted by Gasteiger charge is 2.23. The van der Waals surface area contributed by atoms with Gasteiger partial charge in [0.05, 0.1) is 0 Å². The van der Waals surface area contributed by atoms with Crippen molar-refractivity contribution in [2.24, 2.45) is 5.92 Å². The molecule has 0 bridgehead atoms. The molecule has 130 valence electrons. The number of carbonyl (C=O) groups excluding carboxylic acids is 2. The Kier molecular flexibility index (Phi) is 7.00. The lowest BCUT2D eigenvalue weighted by Gasteiger charge is -2.23. The third kappa shape index (κ3) is 5.20. The van der Waals surface area contributed by atoms with Gasteiger partial charge in [0.2, 0.25) is 5.91 Å². The Morgan fingerprint density at radius 3 is 2.54 bits per heavy atom. The molecular weight excluding hydrogens is 304 g/mol. The van der Waals surface area contributed by atoms with E-state index in [9.17, 15) is 14.7 Å². The van der Waals surface area contributed by atoms with Gasteiger partial charge < -0.3 is 15.7 Å². The predicted molar refractivity (Wildman–Crippen MR) is 94.5 cm³/mol. The average molecular weight is 330 g/mol. The number of carbonyl (C=O) groups is 2. The third-order valence-electron chi connectivity index (χ3n) is 4.55. The van der Waals surface area contributed by atoms with Gasteiger partial charge >= 0.3 is 0 Å². The van der Waals surface area contributed by atoms with Gasteiger partial charge in [-0.2, -0.15) is 0 Å². The fraction of sp³-hybridized carbons (Fsp3) is 0.474. The highest BCUT2D eigenvalue weighted by molar-refractivity contribution is 5.94. The number of hydrogen-bond acceptors (Lipinski definition) is 3. The van der Waals surface area contributed by atoms with Gasteiger partial charge in [0.1, 0.15) is 0 Å². The zero-order chi connectivity index (χ0) is 17.4. The van der Waals surface area contributed by atoms with Gasteiger partial charge in [0.25, 0.3) is 5.91 Å². The van der Waals surface area contributed by atoms with Crippen LogP contribution in [0.15, 0.2) is 30.3 Å². The number of aliphatic hydroxyl groups is 1. The highest BCUT2D eigenvalue weighted by atomic mass is 16.3. The molecule has 0 heterocycles. The lowest BCUT2D eigenvalue weighted by atomic mass is 9.95. The summed E-state index contributed by atoms with van der Waals surface area (Å²) in [5, 5.41) is 15.1. The maximum atomic E-state index is 12.1. The predicted octanol–water partition coefficient (Wildman–Crippen LogP) is 2.12. The van der Waals surface area contributed by atoms with E-state index in [1.807, 2.05) is 0 Å². The number of benzene rings is 1. The Hall–Kier alpha value is -2.14. The van der Waals surface area contributed by atoms with Gasteiger partial charge in [-0.25, -0.2) is 0 Å². The van der Waals surface area contributed by atoms with E-state index < -0.39 is 0 Å². The second kappa shape index (κ2) is 9.23. The maximum absolute atomic E-state index is 12.1. The van der Waals surface area contributed by atoms with E-state index in [1.165, 1.54) is 6.08 Å². The average Bonchev–Trinajstić information content (AvgIpc) is 2.84. The quantitative estimate of drug-likeness (QED) is 0.571. The second-order valence-corrected chi connectivity index (χ2v) is 6.23. The SMILES string of the molecule is CNC(=O)c1ccc(/C=C/C(=O)NC2CCCCCC2CO)cc1. The number of rotatable bonds is 5. The Morgan fingerprint density at radius 1 is 1.17 bits per heavy atom. The molecule has 1 aromatic carbocycles. The summed E-state index contributed by atoms with van der Waals surface area (Å²) in [6, 6.07) is 7.10. The minimum Gasteiger partial charge on any atom is -0.396 e. The zero-order valence-corrected chi connectivity index (χ0v) is 14.1. The minimum atomic E-state index is -0.143. The first-order chi connectivity index (χ1) is 11.6. The van der Waals surface area contributed by atoms with Crippen LogP contribution in [-0.4, -0.2) is 36.6 Å². The fourth-order valence-corrected chi connectivity index (χ4v) is 3.09. The first-order valence-corrected chi connectivity index (χ1v) is 8.55. The fourth-order valence-electron chi connectivity index (χ4n) is 3.09. The van der Waals surface area contributed by atoms with Crippen LogP contribution >= 0.6 is 0 Å². The number of nitrogens with one attached hydrogen (secondary N) is 2. The molecule has 0 spiro atoms. The smallest absolute Gasteiger partial charge is 0.251 e. The van der Waals surface area contributed by atoms with Crippen molar-refractivity contribution in [3.63, 3.8) is 0 Å². The summed E-state index contributed by atoms with van der Waals surface area (Å²) < 4.78 is 0. The molecular formula is C19H26N2O3. The van der Waals surface area contributed by atoms with Crippen LogP contribution in [0.5, 0.6) is 0 Å². The lowest BCUT2D eigenvalue weighted by molar-refractivity contribution is -0.117. The summed E-state index contributed by atoms with van der Waals surface area (Å²) in [6.07, 6.45) is 8.49. The van der Waals surface area contributed by atoms with E-state index in [2.05, 4.69) is 10.6 Å². The molecule has 2 unspecified atom stereocenters. The molecule has 1 aromatic rings. The molecule has 2 rings (SSSR count). The molecule has 1 aliphatic rings. The monoisotopic (exact) mass is 330 g/mol. The topological polar surface area (TPSA) is 78.4 Å². The van der Waals surface area contributed by atoms with E-state index in [0.29, 0.717) is 5.56 Å². The number of hydrogen-bond donors (Lipinski definition) is 3. The Morgan fingerprint density at radius 2 is 1.88 bits per heavy atom. The van der Waals surface area contributed by atoms with Crippen LogP contribution in [0.1, 0.15) is 48.0 Å². The largest absolute Gasteiger partial charge is 0.396 e. The Bertz CT molecular complexity index is 581. The highest BCUT2D eigenvalue weighted by Crippen LogP contribution is 2.23. The normalized spacial score (nSPS) is 21.2. The molecule has 5 heteroatoms. The van der Waals surface area contributed by atoms with Crippen LogP contribution in [0.4, 0.5) is 0 Å². The van der Waals surface area contributed by atoms with E-state index >= 15 is 0 Å². The van der Waals surface area contributed by atoms with Crippen molar-refractivity contribution < 1.29 is 14.7 Å². The van der Waals surface area contributed by atoms with Crippen molar-refractivity contribution in [2.45, 2.75) is 38.1 Å². The summed E-state index contributed by atoms with van der Waals surface area (Å²) >= 11 is 0.